The molecule has 0 bridgehead atoms. The summed E-state index contributed by atoms with van der Waals surface area (Å²) in [7, 11) is -4.20. The van der Waals surface area contributed by atoms with E-state index in [2.05, 4.69) is 5.32 Å². The van der Waals surface area contributed by atoms with Crippen LogP contribution in [-0.2, 0) is 32.6 Å². The van der Waals surface area contributed by atoms with Crippen molar-refractivity contribution in [3.63, 3.8) is 0 Å². The van der Waals surface area contributed by atoms with Crippen LogP contribution < -0.4 is 9.62 Å². The van der Waals surface area contributed by atoms with E-state index in [4.69, 9.17) is 11.6 Å². The largest absolute Gasteiger partial charge is 0.354 e. The molecule has 4 aromatic rings. The van der Waals surface area contributed by atoms with Crippen LogP contribution in [0.3, 0.4) is 0 Å². The molecule has 0 aliphatic carbocycles. The Bertz CT molecular complexity index is 1630. The first-order chi connectivity index (χ1) is 20.7. The molecule has 0 aliphatic rings. The average Bonchev–Trinajstić information content (AvgIpc) is 3.02. The first-order valence-electron chi connectivity index (χ1n) is 14.2. The molecule has 0 saturated carbocycles. The SMILES string of the molecule is CCCNC(=O)[C@@H](Cc1ccccc1)N(Cc1ccccc1C)C(=O)CN(c1ccccc1Cl)S(=O)(=O)c1ccccc1. The topological polar surface area (TPSA) is 86.8 Å². The van der Waals surface area contributed by atoms with Crippen LogP contribution in [0, 0.1) is 6.92 Å². The maximum atomic E-state index is 14.4. The summed E-state index contributed by atoms with van der Waals surface area (Å²) < 4.78 is 29.0. The fraction of sp³-hybridized carbons (Fsp3) is 0.235. The minimum atomic E-state index is -4.20. The molecule has 9 heteroatoms. The monoisotopic (exact) mass is 617 g/mol. The Morgan fingerprint density at radius 2 is 1.44 bits per heavy atom. The van der Waals surface area contributed by atoms with E-state index >= 15 is 0 Å². The highest BCUT2D eigenvalue weighted by Gasteiger charge is 2.35. The number of hydrogen-bond acceptors (Lipinski definition) is 4. The smallest absolute Gasteiger partial charge is 0.264 e. The van der Waals surface area contributed by atoms with Gasteiger partial charge in [-0.25, -0.2) is 8.42 Å². The lowest BCUT2D eigenvalue weighted by atomic mass is 10.0. The van der Waals surface area contributed by atoms with Gasteiger partial charge in [-0.15, -0.1) is 0 Å². The number of amides is 2. The molecule has 0 radical (unpaired) electrons. The maximum absolute atomic E-state index is 14.4. The number of nitrogens with one attached hydrogen (secondary N) is 1. The molecule has 0 unspecified atom stereocenters. The molecular weight excluding hydrogens is 582 g/mol. The molecule has 43 heavy (non-hydrogen) atoms. The highest BCUT2D eigenvalue weighted by atomic mass is 35.5. The molecule has 1 atom stereocenters. The van der Waals surface area contributed by atoms with Crippen molar-refractivity contribution < 1.29 is 18.0 Å². The second-order valence-electron chi connectivity index (χ2n) is 10.2. The zero-order valence-electron chi connectivity index (χ0n) is 24.3. The van der Waals surface area contributed by atoms with Gasteiger partial charge in [-0.05, 0) is 54.3 Å². The summed E-state index contributed by atoms with van der Waals surface area (Å²) in [5.74, 6) is -0.835. The first-order valence-corrected chi connectivity index (χ1v) is 16.0. The Kier molecular flexibility index (Phi) is 11.0. The molecule has 0 fully saturated rings. The number of hydrogen-bond donors (Lipinski definition) is 1. The molecule has 1 N–H and O–H groups in total. The quantitative estimate of drug-likeness (QED) is 0.199. The lowest BCUT2D eigenvalue weighted by Gasteiger charge is -2.34. The first kappa shape index (κ1) is 31.8. The van der Waals surface area contributed by atoms with E-state index in [0.717, 1.165) is 27.4 Å². The van der Waals surface area contributed by atoms with Gasteiger partial charge in [0.05, 0.1) is 15.6 Å². The number of para-hydroxylation sites is 1. The number of rotatable bonds is 13. The summed E-state index contributed by atoms with van der Waals surface area (Å²) >= 11 is 6.51. The summed E-state index contributed by atoms with van der Waals surface area (Å²) in [6.07, 6.45) is 0.983. The van der Waals surface area contributed by atoms with Gasteiger partial charge in [-0.1, -0.05) is 103 Å². The van der Waals surface area contributed by atoms with Crippen LogP contribution >= 0.6 is 11.6 Å². The van der Waals surface area contributed by atoms with Gasteiger partial charge < -0.3 is 10.2 Å². The zero-order valence-corrected chi connectivity index (χ0v) is 25.9. The Morgan fingerprint density at radius 1 is 0.837 bits per heavy atom. The van der Waals surface area contributed by atoms with Gasteiger partial charge in [0, 0.05) is 19.5 Å². The Balaban J connectivity index is 1.81. The molecule has 0 aliphatic heterocycles. The van der Waals surface area contributed by atoms with Crippen LogP contribution in [0.25, 0.3) is 0 Å². The van der Waals surface area contributed by atoms with Crippen molar-refractivity contribution in [1.29, 1.82) is 0 Å². The van der Waals surface area contributed by atoms with Crippen molar-refractivity contribution in [1.82, 2.24) is 10.2 Å². The van der Waals surface area contributed by atoms with Crippen molar-refractivity contribution in [2.45, 2.75) is 44.2 Å². The van der Waals surface area contributed by atoms with Crippen molar-refractivity contribution in [3.8, 4) is 0 Å². The number of nitrogens with zero attached hydrogens (tertiary/aromatic N) is 2. The number of benzene rings is 4. The summed E-state index contributed by atoms with van der Waals surface area (Å²) in [6, 6.07) is 30.6. The van der Waals surface area contributed by atoms with Gasteiger partial charge in [0.1, 0.15) is 12.6 Å². The molecule has 0 spiro atoms. The van der Waals surface area contributed by atoms with Crippen LogP contribution in [0.4, 0.5) is 5.69 Å². The van der Waals surface area contributed by atoms with Crippen LogP contribution in [0.5, 0.6) is 0 Å². The van der Waals surface area contributed by atoms with Gasteiger partial charge in [-0.3, -0.25) is 13.9 Å². The Labute approximate surface area is 259 Å². The summed E-state index contributed by atoms with van der Waals surface area (Å²) in [4.78, 5) is 29.7. The third kappa shape index (κ3) is 8.03. The second-order valence-corrected chi connectivity index (χ2v) is 12.5. The van der Waals surface area contributed by atoms with E-state index in [1.165, 1.54) is 17.0 Å². The van der Waals surface area contributed by atoms with Crippen LogP contribution in [0.2, 0.25) is 5.02 Å². The van der Waals surface area contributed by atoms with Gasteiger partial charge in [0.2, 0.25) is 11.8 Å². The summed E-state index contributed by atoms with van der Waals surface area (Å²) in [6.45, 7) is 3.91. The minimum absolute atomic E-state index is 0.0229. The zero-order chi connectivity index (χ0) is 30.8. The van der Waals surface area contributed by atoms with Gasteiger partial charge in [-0.2, -0.15) is 0 Å². The molecule has 7 nitrogen and oxygen atoms in total. The van der Waals surface area contributed by atoms with E-state index in [1.807, 2.05) is 68.4 Å². The van der Waals surface area contributed by atoms with E-state index in [1.54, 1.807) is 42.5 Å². The minimum Gasteiger partial charge on any atom is -0.354 e. The molecule has 2 amide bonds. The number of halogens is 1. The predicted molar refractivity (Wildman–Crippen MR) is 171 cm³/mol. The normalized spacial score (nSPS) is 11.9. The fourth-order valence-corrected chi connectivity index (χ4v) is 6.52. The van der Waals surface area contributed by atoms with E-state index in [-0.39, 0.29) is 34.5 Å². The Morgan fingerprint density at radius 3 is 2.09 bits per heavy atom. The average molecular weight is 618 g/mol. The van der Waals surface area contributed by atoms with E-state index < -0.39 is 28.5 Å². The highest BCUT2D eigenvalue weighted by Crippen LogP contribution is 2.31. The molecule has 0 aromatic heterocycles. The molecule has 4 aromatic carbocycles. The highest BCUT2D eigenvalue weighted by molar-refractivity contribution is 7.92. The van der Waals surface area contributed by atoms with Gasteiger partial charge >= 0.3 is 0 Å². The standard InChI is InChI=1S/C34H36ClN3O4S/c1-3-22-36-34(40)32(23-27-15-6-4-7-16-27)37(24-28-17-11-10-14-26(28)2)33(39)25-38(31-21-13-12-20-30(31)35)43(41,42)29-18-8-5-9-19-29/h4-21,32H,3,22-25H2,1-2H3,(H,36,40)/t32-/m1/s1. The molecule has 224 valence electrons. The van der Waals surface area contributed by atoms with Crippen molar-refractivity contribution in [2.75, 3.05) is 17.4 Å². The third-order valence-electron chi connectivity index (χ3n) is 7.15. The third-order valence-corrected chi connectivity index (χ3v) is 9.25. The predicted octanol–water partition coefficient (Wildman–Crippen LogP) is 6.01. The number of carbonyl (C=O) groups is 2. The number of aryl methyl sites for hydroxylation is 1. The lowest BCUT2D eigenvalue weighted by molar-refractivity contribution is -0.140. The van der Waals surface area contributed by atoms with Crippen molar-refractivity contribution >= 4 is 39.1 Å². The van der Waals surface area contributed by atoms with Crippen LogP contribution in [0.15, 0.2) is 114 Å². The van der Waals surface area contributed by atoms with Gasteiger partial charge in [0.25, 0.3) is 10.0 Å². The fourth-order valence-electron chi connectivity index (χ4n) is 4.78. The number of carbonyl (C=O) groups excluding carboxylic acids is 2. The summed E-state index contributed by atoms with van der Waals surface area (Å²) in [5, 5.41) is 3.14. The number of sulfonamides is 1. The van der Waals surface area contributed by atoms with Crippen molar-refractivity contribution in [3.05, 3.63) is 131 Å². The van der Waals surface area contributed by atoms with Crippen LogP contribution in [0.1, 0.15) is 30.0 Å². The van der Waals surface area contributed by atoms with Crippen molar-refractivity contribution in [2.24, 2.45) is 0 Å². The lowest BCUT2D eigenvalue weighted by Crippen LogP contribution is -2.53. The molecule has 0 saturated heterocycles. The van der Waals surface area contributed by atoms with E-state index in [9.17, 15) is 18.0 Å². The Hall–Kier alpha value is -4.14. The maximum Gasteiger partial charge on any atom is 0.264 e. The van der Waals surface area contributed by atoms with Crippen LogP contribution in [-0.4, -0.2) is 44.3 Å². The number of anilines is 1. The van der Waals surface area contributed by atoms with Gasteiger partial charge in [0.15, 0.2) is 0 Å². The molecule has 4 rings (SSSR count). The second kappa shape index (κ2) is 14.8. The molecule has 0 heterocycles. The van der Waals surface area contributed by atoms with E-state index in [0.29, 0.717) is 6.54 Å². The summed E-state index contributed by atoms with van der Waals surface area (Å²) in [5.41, 5.74) is 2.86. The molecular formula is C34H36ClN3O4S.